The topological polar surface area (TPSA) is 62.5 Å². The summed E-state index contributed by atoms with van der Waals surface area (Å²) in [7, 11) is 3.93. The Kier molecular flexibility index (Phi) is 15.5. The highest BCUT2D eigenvalue weighted by Crippen LogP contribution is 2.28. The molecule has 0 saturated heterocycles. The van der Waals surface area contributed by atoms with E-state index in [0.29, 0.717) is 34.8 Å². The maximum Gasteiger partial charge on any atom is 0.197 e. The highest BCUT2D eigenvalue weighted by Gasteiger charge is 2.16. The molecule has 5 rings (SSSR count). The Bertz CT molecular complexity index is 1860. The van der Waals surface area contributed by atoms with Crippen LogP contribution in [0.4, 0.5) is 0 Å². The summed E-state index contributed by atoms with van der Waals surface area (Å²) in [5.74, 6) is 1.45. The van der Waals surface area contributed by atoms with Gasteiger partial charge in [0.2, 0.25) is 0 Å². The van der Waals surface area contributed by atoms with Crippen LogP contribution < -0.4 is 20.3 Å². The van der Waals surface area contributed by atoms with E-state index in [0.717, 1.165) is 46.4 Å². The van der Waals surface area contributed by atoms with Gasteiger partial charge in [-0.05, 0) is 61.4 Å². The fourth-order valence-corrected chi connectivity index (χ4v) is 7.76. The summed E-state index contributed by atoms with van der Waals surface area (Å²) in [6.45, 7) is 5.84. The molecule has 0 aliphatic heterocycles. The first kappa shape index (κ1) is 39.4. The predicted molar refractivity (Wildman–Crippen MR) is 222 cm³/mol. The quantitative estimate of drug-likeness (QED) is 0.0473. The number of aryl methyl sites for hydroxylation is 2. The second-order valence-electron chi connectivity index (χ2n) is 15.1. The zero-order chi connectivity index (χ0) is 36.7. The van der Waals surface area contributed by atoms with Crippen LogP contribution in [-0.2, 0) is 14.1 Å². The van der Waals surface area contributed by atoms with E-state index in [9.17, 15) is 9.59 Å². The second kappa shape index (κ2) is 20.4. The Balaban J connectivity index is 1.23. The zero-order valence-electron chi connectivity index (χ0n) is 32.7. The average molecular weight is 709 g/mol. The number of benzene rings is 3. The standard InChI is InChI=1S/C46H64N2O4/c1-5-7-9-11-13-15-17-19-21-23-29-51-35-25-27-41-37(31-35)45(49)39-33-44-40(34-43(39)47(41)3)46(50)38-32-36(26-28-42(38)48(44)4)52-30-24-22-20-18-16-14-12-10-8-6-2/h25-28,31-34H,5-24,29-30H2,1-4H3. The molecule has 3 aromatic carbocycles. The first-order valence-electron chi connectivity index (χ1n) is 20.7. The molecule has 0 unspecified atom stereocenters. The Morgan fingerprint density at radius 1 is 0.404 bits per heavy atom. The number of unbranched alkanes of at least 4 members (excludes halogenated alkanes) is 18. The number of rotatable bonds is 24. The Labute approximate surface area is 311 Å². The summed E-state index contributed by atoms with van der Waals surface area (Å²) in [5.41, 5.74) is 3.05. The van der Waals surface area contributed by atoms with Crippen molar-refractivity contribution in [1.82, 2.24) is 9.13 Å². The van der Waals surface area contributed by atoms with Crippen molar-refractivity contribution in [1.29, 1.82) is 0 Å². The van der Waals surface area contributed by atoms with Crippen molar-refractivity contribution in [3.05, 3.63) is 69.0 Å². The van der Waals surface area contributed by atoms with Gasteiger partial charge >= 0.3 is 0 Å². The fraction of sp³-hybridized carbons (Fsp3) is 0.565. The molecule has 6 heteroatoms. The summed E-state index contributed by atoms with van der Waals surface area (Å²) in [6.07, 6.45) is 25.7. The average Bonchev–Trinajstić information content (AvgIpc) is 3.16. The molecule has 0 atom stereocenters. The van der Waals surface area contributed by atoms with Gasteiger partial charge < -0.3 is 18.6 Å². The molecule has 0 saturated carbocycles. The largest absolute Gasteiger partial charge is 0.494 e. The van der Waals surface area contributed by atoms with Crippen molar-refractivity contribution in [3.63, 3.8) is 0 Å². The van der Waals surface area contributed by atoms with Crippen molar-refractivity contribution < 1.29 is 9.47 Å². The van der Waals surface area contributed by atoms with Gasteiger partial charge in [-0.2, -0.15) is 0 Å². The molecule has 0 radical (unpaired) electrons. The van der Waals surface area contributed by atoms with Gasteiger partial charge in [0.15, 0.2) is 10.9 Å². The van der Waals surface area contributed by atoms with Crippen molar-refractivity contribution in [2.75, 3.05) is 13.2 Å². The molecule has 0 fully saturated rings. The number of nitrogens with zero attached hydrogens (tertiary/aromatic N) is 2. The number of hydrogen-bond donors (Lipinski definition) is 0. The van der Waals surface area contributed by atoms with Gasteiger partial charge in [0.1, 0.15) is 11.5 Å². The van der Waals surface area contributed by atoms with Crippen LogP contribution in [0.1, 0.15) is 142 Å². The molecule has 0 aliphatic carbocycles. The van der Waals surface area contributed by atoms with Gasteiger partial charge in [-0.3, -0.25) is 9.59 Å². The third-order valence-electron chi connectivity index (χ3n) is 11.0. The minimum absolute atomic E-state index is 0.0438. The van der Waals surface area contributed by atoms with Crippen LogP contribution in [0.15, 0.2) is 58.1 Å². The van der Waals surface area contributed by atoms with Crippen LogP contribution >= 0.6 is 0 Å². The number of hydrogen-bond acceptors (Lipinski definition) is 4. The Morgan fingerprint density at radius 3 is 1.06 bits per heavy atom. The third kappa shape index (κ3) is 10.2. The molecule has 5 aromatic rings. The maximum atomic E-state index is 14.0. The third-order valence-corrected chi connectivity index (χ3v) is 11.0. The number of ether oxygens (including phenoxy) is 2. The fourth-order valence-electron chi connectivity index (χ4n) is 7.76. The van der Waals surface area contributed by atoms with Crippen LogP contribution in [0.3, 0.4) is 0 Å². The van der Waals surface area contributed by atoms with E-state index in [-0.39, 0.29) is 10.9 Å². The molecular formula is C46H64N2O4. The smallest absolute Gasteiger partial charge is 0.197 e. The first-order chi connectivity index (χ1) is 25.4. The minimum Gasteiger partial charge on any atom is -0.494 e. The SMILES string of the molecule is CCCCCCCCCCCCOc1ccc2c(c1)c(=O)c1cc3c(cc1n2C)c(=O)c1cc(OCCCCCCCCCCCC)ccc1n3C. The lowest BCUT2D eigenvalue weighted by molar-refractivity contribution is 0.304. The van der Waals surface area contributed by atoms with Crippen molar-refractivity contribution in [3.8, 4) is 11.5 Å². The van der Waals surface area contributed by atoms with Crippen molar-refractivity contribution >= 4 is 43.6 Å². The predicted octanol–water partition coefficient (Wildman–Crippen LogP) is 12.3. The van der Waals surface area contributed by atoms with E-state index in [4.69, 9.17) is 9.47 Å². The van der Waals surface area contributed by atoms with Gasteiger partial charge in [-0.25, -0.2) is 0 Å². The zero-order valence-corrected chi connectivity index (χ0v) is 32.7. The van der Waals surface area contributed by atoms with Crippen LogP contribution in [-0.4, -0.2) is 22.3 Å². The second-order valence-corrected chi connectivity index (χ2v) is 15.1. The normalized spacial score (nSPS) is 11.8. The van der Waals surface area contributed by atoms with E-state index in [1.54, 1.807) is 0 Å². The van der Waals surface area contributed by atoms with Gasteiger partial charge in [0.05, 0.1) is 35.3 Å². The highest BCUT2D eigenvalue weighted by molar-refractivity contribution is 6.04. The minimum atomic E-state index is -0.0438. The van der Waals surface area contributed by atoms with Crippen LogP contribution in [0.5, 0.6) is 11.5 Å². The van der Waals surface area contributed by atoms with Crippen LogP contribution in [0.25, 0.3) is 43.6 Å². The first-order valence-corrected chi connectivity index (χ1v) is 20.7. The molecule has 0 amide bonds. The van der Waals surface area contributed by atoms with Gasteiger partial charge in [-0.1, -0.05) is 129 Å². The van der Waals surface area contributed by atoms with E-state index in [1.165, 1.54) is 116 Å². The molecule has 0 bridgehead atoms. The summed E-state index contributed by atoms with van der Waals surface area (Å²) >= 11 is 0. The lowest BCUT2D eigenvalue weighted by atomic mass is 10.0. The number of fused-ring (bicyclic) bond motifs is 4. The van der Waals surface area contributed by atoms with Gasteiger partial charge in [0, 0.05) is 35.6 Å². The van der Waals surface area contributed by atoms with Gasteiger partial charge in [0.25, 0.3) is 0 Å². The highest BCUT2D eigenvalue weighted by atomic mass is 16.5. The van der Waals surface area contributed by atoms with Crippen LogP contribution in [0, 0.1) is 0 Å². The van der Waals surface area contributed by atoms with E-state index in [2.05, 4.69) is 13.8 Å². The number of aromatic nitrogens is 2. The molecule has 0 spiro atoms. The lowest BCUT2D eigenvalue weighted by Crippen LogP contribution is -2.13. The van der Waals surface area contributed by atoms with Gasteiger partial charge in [-0.15, -0.1) is 0 Å². The molecular weight excluding hydrogens is 645 g/mol. The Hall–Kier alpha value is -3.80. The summed E-state index contributed by atoms with van der Waals surface area (Å²) < 4.78 is 16.3. The molecule has 0 aliphatic rings. The number of pyridine rings is 2. The summed E-state index contributed by atoms with van der Waals surface area (Å²) in [4.78, 5) is 27.9. The van der Waals surface area contributed by atoms with E-state index < -0.39 is 0 Å². The van der Waals surface area contributed by atoms with E-state index >= 15 is 0 Å². The molecule has 0 N–H and O–H groups in total. The van der Waals surface area contributed by atoms with E-state index in [1.807, 2.05) is 71.8 Å². The summed E-state index contributed by atoms with van der Waals surface area (Å²) in [6, 6.07) is 15.4. The van der Waals surface area contributed by atoms with Crippen molar-refractivity contribution in [2.24, 2.45) is 14.1 Å². The summed E-state index contributed by atoms with van der Waals surface area (Å²) in [5, 5.41) is 2.45. The van der Waals surface area contributed by atoms with Crippen molar-refractivity contribution in [2.45, 2.75) is 142 Å². The monoisotopic (exact) mass is 708 g/mol. The molecule has 2 aromatic heterocycles. The lowest BCUT2D eigenvalue weighted by Gasteiger charge is -2.16. The molecule has 6 nitrogen and oxygen atoms in total. The molecule has 282 valence electrons. The maximum absolute atomic E-state index is 14.0. The Morgan fingerprint density at radius 2 is 0.712 bits per heavy atom. The molecule has 2 heterocycles. The molecule has 52 heavy (non-hydrogen) atoms. The van der Waals surface area contributed by atoms with Crippen LogP contribution in [0.2, 0.25) is 0 Å².